The summed E-state index contributed by atoms with van der Waals surface area (Å²) in [4.78, 5) is 24.2. The number of carbonyl (C=O) groups excluding carboxylic acids is 1. The minimum atomic E-state index is 0.00219. The van der Waals surface area contributed by atoms with Crippen LogP contribution >= 0.6 is 0 Å². The number of likely N-dealkylation sites (tertiary alicyclic amines) is 1. The van der Waals surface area contributed by atoms with Crippen molar-refractivity contribution >= 4 is 17.4 Å². The lowest BCUT2D eigenvalue weighted by Crippen LogP contribution is -2.46. The molecule has 1 amide bonds. The van der Waals surface area contributed by atoms with Crippen LogP contribution in [0.2, 0.25) is 0 Å². The predicted octanol–water partition coefficient (Wildman–Crippen LogP) is 4.18. The van der Waals surface area contributed by atoms with Crippen LogP contribution in [0, 0.1) is 0 Å². The van der Waals surface area contributed by atoms with Crippen LogP contribution in [-0.4, -0.2) is 53.9 Å². The monoisotopic (exact) mass is 404 g/mol. The predicted molar refractivity (Wildman–Crippen MR) is 118 cm³/mol. The summed E-state index contributed by atoms with van der Waals surface area (Å²) < 4.78 is 5.53. The first-order valence-corrected chi connectivity index (χ1v) is 10.4. The first-order chi connectivity index (χ1) is 14.6. The number of amides is 1. The van der Waals surface area contributed by atoms with Gasteiger partial charge in [-0.05, 0) is 69.4 Å². The molecule has 6 heteroatoms. The van der Waals surface area contributed by atoms with Gasteiger partial charge >= 0.3 is 0 Å². The largest absolute Gasteiger partial charge is 0.467 e. The van der Waals surface area contributed by atoms with Crippen LogP contribution in [0.3, 0.4) is 0 Å². The SMILES string of the molecule is CN1CCC(N(Cc2ccco2)C(=O)c2ccc(N(C)c3ccccc3)nc2)CC1. The van der Waals surface area contributed by atoms with Crippen LogP contribution in [0.25, 0.3) is 0 Å². The normalized spacial score (nSPS) is 15.1. The molecule has 0 bridgehead atoms. The Bertz CT molecular complexity index is 933. The standard InChI is InChI=1S/C24H28N4O2/c1-26-14-12-21(13-15-26)28(18-22-9-6-16-30-22)24(29)19-10-11-23(25-17-19)27(2)20-7-4-3-5-8-20/h3-11,16-17,21H,12-15,18H2,1-2H3. The highest BCUT2D eigenvalue weighted by atomic mass is 16.3. The molecule has 0 unspecified atom stereocenters. The number of aromatic nitrogens is 1. The number of hydrogen-bond acceptors (Lipinski definition) is 5. The number of benzene rings is 1. The minimum Gasteiger partial charge on any atom is -0.467 e. The van der Waals surface area contributed by atoms with Crippen molar-refractivity contribution in [2.24, 2.45) is 0 Å². The lowest BCUT2D eigenvalue weighted by molar-refractivity contribution is 0.0550. The molecule has 0 saturated carbocycles. The zero-order valence-corrected chi connectivity index (χ0v) is 17.6. The molecule has 0 spiro atoms. The van der Waals surface area contributed by atoms with Gasteiger partial charge < -0.3 is 19.1 Å². The van der Waals surface area contributed by atoms with E-state index in [9.17, 15) is 4.79 Å². The molecule has 2 aromatic heterocycles. The Kier molecular flexibility index (Phi) is 6.14. The summed E-state index contributed by atoms with van der Waals surface area (Å²) in [6, 6.07) is 17.8. The third-order valence-corrected chi connectivity index (χ3v) is 5.78. The van der Waals surface area contributed by atoms with E-state index in [2.05, 4.69) is 16.9 Å². The van der Waals surface area contributed by atoms with Crippen LogP contribution in [0.5, 0.6) is 0 Å². The van der Waals surface area contributed by atoms with E-state index in [1.54, 1.807) is 12.5 Å². The lowest BCUT2D eigenvalue weighted by Gasteiger charge is -2.37. The maximum Gasteiger partial charge on any atom is 0.256 e. The summed E-state index contributed by atoms with van der Waals surface area (Å²) in [5, 5.41) is 0. The zero-order valence-electron chi connectivity index (χ0n) is 17.6. The number of anilines is 2. The molecule has 1 fully saturated rings. The van der Waals surface area contributed by atoms with Gasteiger partial charge in [0, 0.05) is 25.0 Å². The summed E-state index contributed by atoms with van der Waals surface area (Å²) in [6.45, 7) is 2.46. The fraction of sp³-hybridized carbons (Fsp3) is 0.333. The van der Waals surface area contributed by atoms with Crippen molar-refractivity contribution in [3.63, 3.8) is 0 Å². The molecule has 1 saturated heterocycles. The summed E-state index contributed by atoms with van der Waals surface area (Å²) in [6.07, 6.45) is 5.26. The molecule has 0 aliphatic carbocycles. The molecule has 4 rings (SSSR count). The lowest BCUT2D eigenvalue weighted by atomic mass is 10.0. The van der Waals surface area contributed by atoms with E-state index in [0.717, 1.165) is 43.2 Å². The van der Waals surface area contributed by atoms with E-state index in [1.807, 2.05) is 71.4 Å². The number of hydrogen-bond donors (Lipinski definition) is 0. The van der Waals surface area contributed by atoms with Gasteiger partial charge in [0.05, 0.1) is 18.4 Å². The van der Waals surface area contributed by atoms with E-state index in [0.29, 0.717) is 12.1 Å². The third-order valence-electron chi connectivity index (χ3n) is 5.78. The second-order valence-corrected chi connectivity index (χ2v) is 7.85. The highest BCUT2D eigenvalue weighted by Gasteiger charge is 2.28. The van der Waals surface area contributed by atoms with Gasteiger partial charge in [-0.15, -0.1) is 0 Å². The average Bonchev–Trinajstić information content (AvgIpc) is 3.31. The first-order valence-electron chi connectivity index (χ1n) is 10.4. The van der Waals surface area contributed by atoms with Gasteiger partial charge in [-0.2, -0.15) is 0 Å². The summed E-state index contributed by atoms with van der Waals surface area (Å²) >= 11 is 0. The number of para-hydroxylation sites is 1. The fourth-order valence-corrected chi connectivity index (χ4v) is 3.90. The van der Waals surface area contributed by atoms with Gasteiger partial charge in [0.1, 0.15) is 11.6 Å². The number of piperidine rings is 1. The van der Waals surface area contributed by atoms with Crippen LogP contribution in [0.4, 0.5) is 11.5 Å². The molecule has 0 atom stereocenters. The van der Waals surface area contributed by atoms with E-state index in [4.69, 9.17) is 4.42 Å². The summed E-state index contributed by atoms with van der Waals surface area (Å²) in [7, 11) is 4.10. The maximum atomic E-state index is 13.4. The summed E-state index contributed by atoms with van der Waals surface area (Å²) in [5.74, 6) is 1.60. The van der Waals surface area contributed by atoms with Gasteiger partial charge in [0.2, 0.25) is 0 Å². The number of pyridine rings is 1. The highest BCUT2D eigenvalue weighted by Crippen LogP contribution is 2.24. The van der Waals surface area contributed by atoms with Crippen LogP contribution < -0.4 is 4.90 Å². The van der Waals surface area contributed by atoms with E-state index in [1.165, 1.54) is 0 Å². The van der Waals surface area contributed by atoms with Crippen LogP contribution in [0.15, 0.2) is 71.5 Å². The second kappa shape index (κ2) is 9.13. The number of furan rings is 1. The molecule has 6 nitrogen and oxygen atoms in total. The Balaban J connectivity index is 1.53. The quantitative estimate of drug-likeness (QED) is 0.617. The fourth-order valence-electron chi connectivity index (χ4n) is 3.90. The maximum absolute atomic E-state index is 13.4. The molecule has 30 heavy (non-hydrogen) atoms. The van der Waals surface area contributed by atoms with Crippen molar-refractivity contribution in [1.82, 2.24) is 14.8 Å². The smallest absolute Gasteiger partial charge is 0.256 e. The average molecular weight is 405 g/mol. The molecule has 0 N–H and O–H groups in total. The Labute approximate surface area is 177 Å². The molecule has 3 aromatic rings. The molecule has 0 radical (unpaired) electrons. The van der Waals surface area contributed by atoms with Crippen molar-refractivity contribution in [3.05, 3.63) is 78.4 Å². The number of rotatable bonds is 6. The Hall–Kier alpha value is -3.12. The van der Waals surface area contributed by atoms with Crippen molar-refractivity contribution in [1.29, 1.82) is 0 Å². The van der Waals surface area contributed by atoms with Gasteiger partial charge in [-0.25, -0.2) is 4.98 Å². The molecular formula is C24H28N4O2. The second-order valence-electron chi connectivity index (χ2n) is 7.85. The molecule has 1 aliphatic heterocycles. The number of carbonyl (C=O) groups is 1. The minimum absolute atomic E-state index is 0.00219. The van der Waals surface area contributed by atoms with Crippen molar-refractivity contribution in [2.75, 3.05) is 32.1 Å². The first kappa shape index (κ1) is 20.2. The molecule has 3 heterocycles. The zero-order chi connectivity index (χ0) is 20.9. The summed E-state index contributed by atoms with van der Waals surface area (Å²) in [5.41, 5.74) is 1.65. The van der Waals surface area contributed by atoms with Crippen molar-refractivity contribution < 1.29 is 9.21 Å². The third kappa shape index (κ3) is 4.54. The van der Waals surface area contributed by atoms with Crippen molar-refractivity contribution in [3.8, 4) is 0 Å². The van der Waals surface area contributed by atoms with Crippen LogP contribution in [-0.2, 0) is 6.54 Å². The molecular weight excluding hydrogens is 376 g/mol. The Morgan fingerprint density at radius 1 is 1.10 bits per heavy atom. The van der Waals surface area contributed by atoms with E-state index in [-0.39, 0.29) is 11.9 Å². The topological polar surface area (TPSA) is 52.8 Å². The number of nitrogens with zero attached hydrogens (tertiary/aromatic N) is 4. The molecule has 1 aromatic carbocycles. The van der Waals surface area contributed by atoms with E-state index >= 15 is 0 Å². The molecule has 156 valence electrons. The van der Waals surface area contributed by atoms with Gasteiger partial charge in [-0.1, -0.05) is 18.2 Å². The van der Waals surface area contributed by atoms with Crippen LogP contribution in [0.1, 0.15) is 29.0 Å². The Morgan fingerprint density at radius 3 is 2.50 bits per heavy atom. The highest BCUT2D eigenvalue weighted by molar-refractivity contribution is 5.94. The molecule has 1 aliphatic rings. The van der Waals surface area contributed by atoms with E-state index < -0.39 is 0 Å². The Morgan fingerprint density at radius 2 is 1.87 bits per heavy atom. The van der Waals surface area contributed by atoms with Gasteiger partial charge in [0.15, 0.2) is 0 Å². The van der Waals surface area contributed by atoms with Crippen molar-refractivity contribution in [2.45, 2.75) is 25.4 Å². The van der Waals surface area contributed by atoms with Gasteiger partial charge in [0.25, 0.3) is 5.91 Å². The van der Waals surface area contributed by atoms with Gasteiger partial charge in [-0.3, -0.25) is 4.79 Å².